The number of rotatable bonds is 11. The van der Waals surface area contributed by atoms with E-state index in [0.717, 1.165) is 46.4 Å². The highest BCUT2D eigenvalue weighted by atomic mass is 35.5. The quantitative estimate of drug-likeness (QED) is 0.169. The fourth-order valence-electron chi connectivity index (χ4n) is 4.77. The molecule has 2 N–H and O–H groups in total. The van der Waals surface area contributed by atoms with Gasteiger partial charge in [0, 0.05) is 22.6 Å². The van der Waals surface area contributed by atoms with Crippen molar-refractivity contribution in [1.82, 2.24) is 19.7 Å². The van der Waals surface area contributed by atoms with Gasteiger partial charge in [-0.25, -0.2) is 13.9 Å². The topological polar surface area (TPSA) is 95.9 Å². The van der Waals surface area contributed by atoms with Gasteiger partial charge in [-0.05, 0) is 81.2 Å². The molecule has 7 nitrogen and oxygen atoms in total. The Morgan fingerprint density at radius 3 is 2.45 bits per heavy atom. The Bertz CT molecular complexity index is 1580. The summed E-state index contributed by atoms with van der Waals surface area (Å²) in [5.41, 5.74) is 4.39. The molecular formula is C32H44ClN5O2SSi. The largest absolute Gasteiger partial charge is 0.411 e. The Morgan fingerprint density at radius 2 is 1.79 bits per heavy atom. The van der Waals surface area contributed by atoms with E-state index in [-0.39, 0.29) is 11.0 Å². The van der Waals surface area contributed by atoms with E-state index in [1.54, 1.807) is 6.20 Å². The number of benzene rings is 1. The fraction of sp³-hybridized carbons (Fsp3) is 0.469. The zero-order valence-electron chi connectivity index (χ0n) is 26.1. The maximum Gasteiger partial charge on any atom is 0.192 e. The van der Waals surface area contributed by atoms with Crippen LogP contribution in [0.15, 0.2) is 54.7 Å². The van der Waals surface area contributed by atoms with Crippen molar-refractivity contribution >= 4 is 41.8 Å². The summed E-state index contributed by atoms with van der Waals surface area (Å²) in [6.07, 6.45) is 4.39. The van der Waals surface area contributed by atoms with Gasteiger partial charge in [-0.2, -0.15) is 5.10 Å². The molecular weight excluding hydrogens is 582 g/mol. The van der Waals surface area contributed by atoms with E-state index in [0.29, 0.717) is 23.9 Å². The van der Waals surface area contributed by atoms with Gasteiger partial charge >= 0.3 is 0 Å². The molecule has 0 aliphatic rings. The number of nitrogens with two attached hydrogens (primary N) is 1. The molecule has 10 heteroatoms. The predicted octanol–water partition coefficient (Wildman–Crippen LogP) is 8.33. The van der Waals surface area contributed by atoms with Crippen molar-refractivity contribution < 1.29 is 8.63 Å². The molecule has 0 bridgehead atoms. The number of hydrogen-bond acceptors (Lipinski definition) is 5. The standard InChI is InChI=1S/C32H44ClN5O2SSi/c1-9-12-22(19-32(5,6)41(34)39)27-14-11-15-28(37-27)23-17-26(33)25-20-35-38(29(25)18-23)30-16-10-13-24(36-30)21-40-42(7,8)31(2,3)4/h10-11,13-18,20,22H,9,12,19,21,34H2,1-8H3/t22-,41?/m0/s1. The summed E-state index contributed by atoms with van der Waals surface area (Å²) >= 11 is 6.80. The molecule has 0 saturated heterocycles. The van der Waals surface area contributed by atoms with Gasteiger partial charge in [0.25, 0.3) is 0 Å². The molecule has 4 rings (SSSR count). The smallest absolute Gasteiger partial charge is 0.192 e. The molecule has 226 valence electrons. The van der Waals surface area contributed by atoms with E-state index < -0.39 is 24.1 Å². The lowest BCUT2D eigenvalue weighted by Crippen LogP contribution is -2.40. The first kappa shape index (κ1) is 32.5. The minimum Gasteiger partial charge on any atom is -0.411 e. The van der Waals surface area contributed by atoms with Crippen LogP contribution >= 0.6 is 11.6 Å². The molecule has 2 atom stereocenters. The molecule has 0 aliphatic carbocycles. The van der Waals surface area contributed by atoms with Crippen molar-refractivity contribution in [2.75, 3.05) is 0 Å². The molecule has 0 saturated carbocycles. The van der Waals surface area contributed by atoms with Gasteiger partial charge in [-0.3, -0.25) is 10.1 Å². The SMILES string of the molecule is CCC[C@@H](CC(C)(C)S(N)=O)c1cccc(-c2cc(Cl)c3cnn(-c4cccc(CO[Si](C)(C)C(C)(C)C)n4)c3c2)n1. The molecule has 0 spiro atoms. The molecule has 1 unspecified atom stereocenters. The summed E-state index contributed by atoms with van der Waals surface area (Å²) in [6, 6.07) is 16.0. The Kier molecular flexibility index (Phi) is 9.79. The van der Waals surface area contributed by atoms with Crippen LogP contribution in [0.1, 0.15) is 78.1 Å². The van der Waals surface area contributed by atoms with E-state index in [9.17, 15) is 4.21 Å². The van der Waals surface area contributed by atoms with Gasteiger partial charge in [-0.15, -0.1) is 0 Å². The zero-order valence-corrected chi connectivity index (χ0v) is 28.6. The maximum absolute atomic E-state index is 12.2. The first-order valence-corrected chi connectivity index (χ1v) is 19.0. The van der Waals surface area contributed by atoms with Crippen molar-refractivity contribution in [1.29, 1.82) is 0 Å². The van der Waals surface area contributed by atoms with Crippen molar-refractivity contribution in [3.63, 3.8) is 0 Å². The number of nitrogens with zero attached hydrogens (tertiary/aromatic N) is 4. The van der Waals surface area contributed by atoms with Crippen LogP contribution in [0, 0.1) is 0 Å². The first-order valence-electron chi connectivity index (χ1n) is 14.5. The van der Waals surface area contributed by atoms with Crippen molar-refractivity contribution in [2.45, 2.75) is 96.2 Å². The van der Waals surface area contributed by atoms with Gasteiger partial charge in [0.05, 0.1) is 50.5 Å². The van der Waals surface area contributed by atoms with Gasteiger partial charge in [-0.1, -0.05) is 57.8 Å². The van der Waals surface area contributed by atoms with Crippen LogP contribution in [0.4, 0.5) is 0 Å². The minimum atomic E-state index is -1.91. The number of fused-ring (bicyclic) bond motifs is 1. The Labute approximate surface area is 259 Å². The van der Waals surface area contributed by atoms with Gasteiger partial charge in [0.2, 0.25) is 0 Å². The van der Waals surface area contributed by atoms with Gasteiger partial charge in [0.15, 0.2) is 14.1 Å². The summed E-state index contributed by atoms with van der Waals surface area (Å²) in [6.45, 7) is 17.7. The van der Waals surface area contributed by atoms with Crippen molar-refractivity contribution in [2.24, 2.45) is 5.14 Å². The van der Waals surface area contributed by atoms with Crippen molar-refractivity contribution in [3.8, 4) is 17.1 Å². The highest BCUT2D eigenvalue weighted by Crippen LogP contribution is 2.37. The molecule has 3 heterocycles. The lowest BCUT2D eigenvalue weighted by atomic mass is 9.89. The number of pyridine rings is 2. The average molecular weight is 626 g/mol. The lowest BCUT2D eigenvalue weighted by Gasteiger charge is -2.36. The molecule has 0 fully saturated rings. The highest BCUT2D eigenvalue weighted by molar-refractivity contribution is 7.84. The number of hydrogen-bond donors (Lipinski definition) is 1. The third-order valence-corrected chi connectivity index (χ3v) is 14.5. The molecule has 0 radical (unpaired) electrons. The summed E-state index contributed by atoms with van der Waals surface area (Å²) in [7, 11) is -3.34. The number of aromatic nitrogens is 4. The van der Waals surface area contributed by atoms with Gasteiger partial charge < -0.3 is 4.43 Å². The summed E-state index contributed by atoms with van der Waals surface area (Å²) < 4.78 is 19.9. The first-order chi connectivity index (χ1) is 19.6. The monoisotopic (exact) mass is 625 g/mol. The Morgan fingerprint density at radius 1 is 1.07 bits per heavy atom. The second-order valence-corrected chi connectivity index (χ2v) is 20.1. The van der Waals surface area contributed by atoms with Crippen LogP contribution in [-0.2, 0) is 22.0 Å². The average Bonchev–Trinajstić information content (AvgIpc) is 3.36. The third-order valence-electron chi connectivity index (χ3n) is 8.44. The Hall–Kier alpha value is -2.43. The Balaban J connectivity index is 1.69. The van der Waals surface area contributed by atoms with Crippen molar-refractivity contribution in [3.05, 3.63) is 71.1 Å². The highest BCUT2D eigenvalue weighted by Gasteiger charge is 2.37. The van der Waals surface area contributed by atoms with E-state index in [1.165, 1.54) is 0 Å². The second-order valence-electron chi connectivity index (χ2n) is 13.2. The minimum absolute atomic E-state index is 0.122. The van der Waals surface area contributed by atoms with Crippen LogP contribution in [-0.4, -0.2) is 37.0 Å². The van der Waals surface area contributed by atoms with E-state index in [1.807, 2.05) is 61.0 Å². The van der Waals surface area contributed by atoms with E-state index in [4.69, 9.17) is 31.1 Å². The molecule has 4 aromatic rings. The van der Waals surface area contributed by atoms with E-state index >= 15 is 0 Å². The third kappa shape index (κ3) is 7.19. The molecule has 3 aromatic heterocycles. The van der Waals surface area contributed by atoms with Crippen LogP contribution in [0.3, 0.4) is 0 Å². The van der Waals surface area contributed by atoms with Gasteiger partial charge in [0.1, 0.15) is 0 Å². The van der Waals surface area contributed by atoms with Crippen LogP contribution in [0.25, 0.3) is 28.0 Å². The zero-order chi connectivity index (χ0) is 30.9. The second kappa shape index (κ2) is 12.7. The van der Waals surface area contributed by atoms with Crippen LogP contribution < -0.4 is 5.14 Å². The number of halogens is 1. The summed E-state index contributed by atoms with van der Waals surface area (Å²) in [4.78, 5) is 9.96. The van der Waals surface area contributed by atoms with Crippen LogP contribution in [0.2, 0.25) is 23.2 Å². The molecule has 42 heavy (non-hydrogen) atoms. The molecule has 0 amide bonds. The maximum atomic E-state index is 12.2. The molecule has 1 aromatic carbocycles. The summed E-state index contributed by atoms with van der Waals surface area (Å²) in [5, 5.41) is 12.0. The predicted molar refractivity (Wildman–Crippen MR) is 178 cm³/mol. The van der Waals surface area contributed by atoms with E-state index in [2.05, 4.69) is 52.0 Å². The molecule has 0 aliphatic heterocycles. The van der Waals surface area contributed by atoms with Crippen LogP contribution in [0.5, 0.6) is 0 Å². The fourth-order valence-corrected chi connectivity index (χ4v) is 6.34. The lowest BCUT2D eigenvalue weighted by molar-refractivity contribution is 0.272. The summed E-state index contributed by atoms with van der Waals surface area (Å²) in [5.74, 6) is 0.846. The normalized spacial score (nSPS) is 14.3.